The van der Waals surface area contributed by atoms with E-state index < -0.39 is 0 Å². The van der Waals surface area contributed by atoms with Gasteiger partial charge < -0.3 is 20.5 Å². The lowest BCUT2D eigenvalue weighted by Crippen LogP contribution is -2.21. The van der Waals surface area contributed by atoms with Crippen LogP contribution in [0.5, 0.6) is 11.5 Å². The Balaban J connectivity index is 2.13. The minimum atomic E-state index is 0.481. The van der Waals surface area contributed by atoms with Gasteiger partial charge in [0.2, 0.25) is 0 Å². The summed E-state index contributed by atoms with van der Waals surface area (Å²) in [4.78, 5) is 0. The first-order chi connectivity index (χ1) is 7.40. The Labute approximate surface area is 89.4 Å². The van der Waals surface area contributed by atoms with E-state index in [9.17, 15) is 0 Å². The first-order valence-electron chi connectivity index (χ1n) is 5.19. The molecular weight excluding hydrogens is 192 g/mol. The van der Waals surface area contributed by atoms with E-state index in [4.69, 9.17) is 15.2 Å². The van der Waals surface area contributed by atoms with Crippen LogP contribution in [0.3, 0.4) is 0 Å². The van der Waals surface area contributed by atoms with Crippen LogP contribution in [0.2, 0.25) is 0 Å². The summed E-state index contributed by atoms with van der Waals surface area (Å²) in [5, 5.41) is 3.07. The fourth-order valence-corrected chi connectivity index (χ4v) is 1.53. The van der Waals surface area contributed by atoms with E-state index in [2.05, 4.69) is 5.32 Å². The fraction of sp³-hybridized carbons (Fsp3) is 0.455. The summed E-state index contributed by atoms with van der Waals surface area (Å²) < 4.78 is 11.1. The number of hydrogen-bond donors (Lipinski definition) is 2. The van der Waals surface area contributed by atoms with E-state index in [1.165, 1.54) is 0 Å². The van der Waals surface area contributed by atoms with Crippen molar-refractivity contribution in [2.45, 2.75) is 13.0 Å². The van der Waals surface area contributed by atoms with E-state index in [-0.39, 0.29) is 0 Å². The van der Waals surface area contributed by atoms with Gasteiger partial charge in [-0.15, -0.1) is 0 Å². The van der Waals surface area contributed by atoms with E-state index in [0.29, 0.717) is 6.67 Å². The number of fused-ring (bicyclic) bond motifs is 1. The van der Waals surface area contributed by atoms with Gasteiger partial charge in [0.25, 0.3) is 0 Å². The zero-order chi connectivity index (χ0) is 10.5. The molecule has 1 aliphatic rings. The van der Waals surface area contributed by atoms with Crippen molar-refractivity contribution in [3.63, 3.8) is 0 Å². The lowest BCUT2D eigenvalue weighted by Gasteiger charge is -2.09. The molecule has 0 unspecified atom stereocenters. The molecule has 82 valence electrons. The Kier molecular flexibility index (Phi) is 3.42. The van der Waals surface area contributed by atoms with Crippen molar-refractivity contribution in [2.75, 3.05) is 19.9 Å². The van der Waals surface area contributed by atoms with Crippen molar-refractivity contribution in [1.29, 1.82) is 0 Å². The average Bonchev–Trinajstić information content (AvgIpc) is 2.50. The maximum Gasteiger partial charge on any atom is 0.161 e. The van der Waals surface area contributed by atoms with Crippen LogP contribution < -0.4 is 20.5 Å². The Bertz CT molecular complexity index is 328. The van der Waals surface area contributed by atoms with Gasteiger partial charge >= 0.3 is 0 Å². The van der Waals surface area contributed by atoms with Gasteiger partial charge in [0.1, 0.15) is 0 Å². The summed E-state index contributed by atoms with van der Waals surface area (Å²) in [7, 11) is 0. The van der Waals surface area contributed by atoms with E-state index in [1.54, 1.807) is 0 Å². The van der Waals surface area contributed by atoms with E-state index in [0.717, 1.165) is 43.2 Å². The van der Waals surface area contributed by atoms with E-state index in [1.807, 2.05) is 18.2 Å². The van der Waals surface area contributed by atoms with Gasteiger partial charge in [-0.1, -0.05) is 6.07 Å². The average molecular weight is 208 g/mol. The van der Waals surface area contributed by atoms with Crippen molar-refractivity contribution >= 4 is 0 Å². The molecule has 0 atom stereocenters. The molecule has 1 aliphatic heterocycles. The molecule has 0 aromatic heterocycles. The Morgan fingerprint density at radius 3 is 2.80 bits per heavy atom. The number of ether oxygens (including phenoxy) is 2. The molecule has 0 amide bonds. The molecule has 4 nitrogen and oxygen atoms in total. The molecule has 1 aromatic carbocycles. The zero-order valence-corrected chi connectivity index (χ0v) is 8.66. The van der Waals surface area contributed by atoms with Crippen LogP contribution in [-0.4, -0.2) is 19.9 Å². The summed E-state index contributed by atoms with van der Waals surface area (Å²) in [5.41, 5.74) is 6.53. The number of hydrogen-bond acceptors (Lipinski definition) is 4. The van der Waals surface area contributed by atoms with Crippen LogP contribution in [0.15, 0.2) is 18.2 Å². The number of nitrogens with one attached hydrogen (secondary N) is 1. The quantitative estimate of drug-likeness (QED) is 0.723. The standard InChI is InChI=1S/C11H16N2O2/c12-8-13-7-9-2-3-10-11(6-9)15-5-1-4-14-10/h2-3,6,13H,1,4-5,7-8,12H2. The molecular formula is C11H16N2O2. The lowest BCUT2D eigenvalue weighted by atomic mass is 10.2. The highest BCUT2D eigenvalue weighted by atomic mass is 16.5. The van der Waals surface area contributed by atoms with Crippen LogP contribution in [-0.2, 0) is 6.54 Å². The molecule has 1 heterocycles. The molecule has 2 rings (SSSR count). The summed E-state index contributed by atoms with van der Waals surface area (Å²) in [5.74, 6) is 1.67. The zero-order valence-electron chi connectivity index (χ0n) is 8.66. The molecule has 15 heavy (non-hydrogen) atoms. The normalized spacial score (nSPS) is 14.7. The van der Waals surface area contributed by atoms with Gasteiger partial charge in [-0.2, -0.15) is 0 Å². The molecule has 0 bridgehead atoms. The highest BCUT2D eigenvalue weighted by Gasteiger charge is 2.09. The largest absolute Gasteiger partial charge is 0.490 e. The summed E-state index contributed by atoms with van der Waals surface area (Å²) in [6, 6.07) is 5.98. The van der Waals surface area contributed by atoms with Gasteiger partial charge in [-0.3, -0.25) is 0 Å². The monoisotopic (exact) mass is 208 g/mol. The molecule has 0 fully saturated rings. The summed E-state index contributed by atoms with van der Waals surface area (Å²) in [6.45, 7) is 2.69. The van der Waals surface area contributed by atoms with Gasteiger partial charge in [0.05, 0.1) is 13.2 Å². The Morgan fingerprint density at radius 1 is 1.20 bits per heavy atom. The highest BCUT2D eigenvalue weighted by Crippen LogP contribution is 2.30. The first kappa shape index (κ1) is 10.3. The second-order valence-electron chi connectivity index (χ2n) is 3.46. The second-order valence-corrected chi connectivity index (χ2v) is 3.46. The first-order valence-corrected chi connectivity index (χ1v) is 5.19. The number of benzene rings is 1. The third kappa shape index (κ3) is 2.61. The predicted octanol–water partition coefficient (Wildman–Crippen LogP) is 0.854. The molecule has 1 aromatic rings. The van der Waals surface area contributed by atoms with Crippen molar-refractivity contribution < 1.29 is 9.47 Å². The third-order valence-corrected chi connectivity index (χ3v) is 2.29. The molecule has 0 aliphatic carbocycles. The molecule has 4 heteroatoms. The smallest absolute Gasteiger partial charge is 0.161 e. The topological polar surface area (TPSA) is 56.5 Å². The minimum absolute atomic E-state index is 0.481. The molecule has 0 saturated carbocycles. The van der Waals surface area contributed by atoms with Gasteiger partial charge in [0, 0.05) is 19.6 Å². The molecule has 0 radical (unpaired) electrons. The lowest BCUT2D eigenvalue weighted by molar-refractivity contribution is 0.297. The SMILES string of the molecule is NCNCc1ccc2c(c1)OCCCO2. The van der Waals surface area contributed by atoms with Crippen LogP contribution >= 0.6 is 0 Å². The maximum atomic E-state index is 5.59. The van der Waals surface area contributed by atoms with Crippen LogP contribution in [0.25, 0.3) is 0 Å². The Morgan fingerprint density at radius 2 is 2.00 bits per heavy atom. The van der Waals surface area contributed by atoms with Crippen LogP contribution in [0.1, 0.15) is 12.0 Å². The second kappa shape index (κ2) is 5.00. The summed E-state index contributed by atoms with van der Waals surface area (Å²) >= 11 is 0. The van der Waals surface area contributed by atoms with Crippen molar-refractivity contribution in [3.8, 4) is 11.5 Å². The van der Waals surface area contributed by atoms with Gasteiger partial charge in [-0.25, -0.2) is 0 Å². The summed E-state index contributed by atoms with van der Waals surface area (Å²) in [6.07, 6.45) is 0.936. The van der Waals surface area contributed by atoms with E-state index >= 15 is 0 Å². The minimum Gasteiger partial charge on any atom is -0.490 e. The molecule has 0 spiro atoms. The Hall–Kier alpha value is -1.26. The fourth-order valence-electron chi connectivity index (χ4n) is 1.53. The van der Waals surface area contributed by atoms with Crippen molar-refractivity contribution in [2.24, 2.45) is 5.73 Å². The molecule has 0 saturated heterocycles. The van der Waals surface area contributed by atoms with Gasteiger partial charge in [-0.05, 0) is 17.7 Å². The maximum absolute atomic E-state index is 5.59. The molecule has 3 N–H and O–H groups in total. The van der Waals surface area contributed by atoms with Crippen LogP contribution in [0, 0.1) is 0 Å². The predicted molar refractivity (Wildman–Crippen MR) is 57.9 cm³/mol. The van der Waals surface area contributed by atoms with Crippen molar-refractivity contribution in [1.82, 2.24) is 5.32 Å². The highest BCUT2D eigenvalue weighted by molar-refractivity contribution is 5.43. The number of rotatable bonds is 3. The number of nitrogens with two attached hydrogens (primary N) is 1. The third-order valence-electron chi connectivity index (χ3n) is 2.29. The van der Waals surface area contributed by atoms with Crippen molar-refractivity contribution in [3.05, 3.63) is 23.8 Å². The van der Waals surface area contributed by atoms with Gasteiger partial charge in [0.15, 0.2) is 11.5 Å². The van der Waals surface area contributed by atoms with Crippen LogP contribution in [0.4, 0.5) is 0 Å².